The lowest BCUT2D eigenvalue weighted by molar-refractivity contribution is -0.144. The predicted molar refractivity (Wildman–Crippen MR) is 87.3 cm³/mol. The first-order valence-corrected chi connectivity index (χ1v) is 7.44. The first-order valence-electron chi connectivity index (χ1n) is 7.44. The first-order chi connectivity index (χ1) is 12.1. The molecular formula is C15H14F3N5O3. The van der Waals surface area contributed by atoms with Crippen molar-refractivity contribution in [1.29, 1.82) is 0 Å². The highest BCUT2D eigenvalue weighted by molar-refractivity contribution is 6.02. The molecule has 0 saturated carbocycles. The maximum absolute atomic E-state index is 12.9. The molecule has 0 radical (unpaired) electrons. The van der Waals surface area contributed by atoms with Crippen molar-refractivity contribution >= 4 is 17.3 Å². The molecule has 26 heavy (non-hydrogen) atoms. The standard InChI is InChI=1S/C15H14F3N5O3/c1-19-23-10-5-8(3-4-9(10)20-7-13(23)25)22-12(24)6-11(15(16,17)18)21(2)14(22)26/h3-6,19-20H,7H2,1-2H3. The molecule has 1 aliphatic heterocycles. The quantitative estimate of drug-likeness (QED) is 0.803. The molecule has 0 saturated heterocycles. The summed E-state index contributed by atoms with van der Waals surface area (Å²) in [5, 5.41) is 4.09. The minimum absolute atomic E-state index is 0.0415. The van der Waals surface area contributed by atoms with Gasteiger partial charge in [-0.05, 0) is 18.2 Å². The van der Waals surface area contributed by atoms with Crippen LogP contribution in [0.15, 0.2) is 33.9 Å². The molecule has 0 unspecified atom stereocenters. The maximum atomic E-state index is 12.9. The van der Waals surface area contributed by atoms with E-state index >= 15 is 0 Å². The van der Waals surface area contributed by atoms with E-state index in [1.165, 1.54) is 30.3 Å². The van der Waals surface area contributed by atoms with E-state index in [4.69, 9.17) is 0 Å². The zero-order valence-electron chi connectivity index (χ0n) is 13.7. The van der Waals surface area contributed by atoms with Gasteiger partial charge in [0.1, 0.15) is 5.69 Å². The molecule has 138 valence electrons. The van der Waals surface area contributed by atoms with E-state index < -0.39 is 23.1 Å². The number of hydrogen-bond donors (Lipinski definition) is 2. The van der Waals surface area contributed by atoms with Crippen molar-refractivity contribution in [1.82, 2.24) is 14.6 Å². The fraction of sp³-hybridized carbons (Fsp3) is 0.267. The van der Waals surface area contributed by atoms with Crippen LogP contribution in [-0.2, 0) is 18.0 Å². The number of alkyl halides is 3. The Balaban J connectivity index is 2.22. The molecule has 2 aromatic rings. The van der Waals surface area contributed by atoms with Crippen LogP contribution in [0.5, 0.6) is 0 Å². The van der Waals surface area contributed by atoms with Crippen LogP contribution in [0, 0.1) is 0 Å². The second kappa shape index (κ2) is 6.02. The van der Waals surface area contributed by atoms with Crippen LogP contribution in [0.3, 0.4) is 0 Å². The number of carbonyl (C=O) groups is 1. The van der Waals surface area contributed by atoms with Gasteiger partial charge in [-0.1, -0.05) is 0 Å². The molecule has 1 aromatic heterocycles. The molecule has 0 fully saturated rings. The summed E-state index contributed by atoms with van der Waals surface area (Å²) in [5.74, 6) is -0.301. The number of benzene rings is 1. The van der Waals surface area contributed by atoms with Crippen molar-refractivity contribution in [2.24, 2.45) is 7.05 Å². The fourth-order valence-electron chi connectivity index (χ4n) is 2.76. The number of nitrogens with one attached hydrogen (secondary N) is 2. The van der Waals surface area contributed by atoms with E-state index in [0.717, 1.165) is 7.05 Å². The molecule has 8 nitrogen and oxygen atoms in total. The van der Waals surface area contributed by atoms with Gasteiger partial charge in [0.05, 0.1) is 23.6 Å². The fourth-order valence-corrected chi connectivity index (χ4v) is 2.76. The van der Waals surface area contributed by atoms with Crippen molar-refractivity contribution in [2.45, 2.75) is 6.18 Å². The molecule has 1 amide bonds. The van der Waals surface area contributed by atoms with Crippen LogP contribution >= 0.6 is 0 Å². The van der Waals surface area contributed by atoms with Crippen molar-refractivity contribution in [3.63, 3.8) is 0 Å². The summed E-state index contributed by atoms with van der Waals surface area (Å²) < 4.78 is 39.8. The van der Waals surface area contributed by atoms with Crippen molar-refractivity contribution in [3.8, 4) is 5.69 Å². The molecule has 1 aromatic carbocycles. The van der Waals surface area contributed by atoms with Crippen LogP contribution in [0.1, 0.15) is 5.69 Å². The predicted octanol–water partition coefficient (Wildman–Crippen LogP) is 0.448. The molecule has 0 spiro atoms. The zero-order chi connectivity index (χ0) is 19.2. The Morgan fingerprint density at radius 3 is 2.46 bits per heavy atom. The molecular weight excluding hydrogens is 355 g/mol. The number of halogens is 3. The van der Waals surface area contributed by atoms with Crippen molar-refractivity contribution in [2.75, 3.05) is 23.9 Å². The van der Waals surface area contributed by atoms with Gasteiger partial charge in [-0.15, -0.1) is 0 Å². The number of rotatable bonds is 2. The molecule has 2 heterocycles. The molecule has 0 bridgehead atoms. The summed E-state index contributed by atoms with van der Waals surface area (Å²) in [6, 6.07) is 4.67. The van der Waals surface area contributed by atoms with Gasteiger partial charge in [0.15, 0.2) is 0 Å². The summed E-state index contributed by atoms with van der Waals surface area (Å²) in [4.78, 5) is 36.5. The molecule has 2 N–H and O–H groups in total. The number of hydrogen-bond acceptors (Lipinski definition) is 5. The van der Waals surface area contributed by atoms with E-state index in [9.17, 15) is 27.6 Å². The van der Waals surface area contributed by atoms with Gasteiger partial charge in [0.25, 0.3) is 11.5 Å². The Hall–Kier alpha value is -3.08. The van der Waals surface area contributed by atoms with Crippen molar-refractivity contribution < 1.29 is 18.0 Å². The number of hydrazine groups is 1. The van der Waals surface area contributed by atoms with Gasteiger partial charge in [-0.2, -0.15) is 13.2 Å². The van der Waals surface area contributed by atoms with Crippen molar-refractivity contribution in [3.05, 3.63) is 50.8 Å². The smallest absolute Gasteiger partial charge is 0.374 e. The average molecular weight is 369 g/mol. The highest BCUT2D eigenvalue weighted by Crippen LogP contribution is 2.30. The largest absolute Gasteiger partial charge is 0.431 e. The van der Waals surface area contributed by atoms with E-state index in [1.54, 1.807) is 0 Å². The minimum atomic E-state index is -4.83. The lowest BCUT2D eigenvalue weighted by Gasteiger charge is -2.29. The third kappa shape index (κ3) is 2.75. The molecule has 0 aliphatic carbocycles. The molecule has 3 rings (SSSR count). The summed E-state index contributed by atoms with van der Waals surface area (Å²) in [7, 11) is 2.45. The lowest BCUT2D eigenvalue weighted by Crippen LogP contribution is -2.47. The molecule has 0 atom stereocenters. The Bertz CT molecular complexity index is 1010. The van der Waals surface area contributed by atoms with Crippen LogP contribution in [0.25, 0.3) is 5.69 Å². The van der Waals surface area contributed by atoms with E-state index in [2.05, 4.69) is 10.7 Å². The Labute approximate surface area is 144 Å². The van der Waals surface area contributed by atoms with E-state index in [1.807, 2.05) is 0 Å². The van der Waals surface area contributed by atoms with E-state index in [-0.39, 0.29) is 18.1 Å². The number of amides is 1. The summed E-state index contributed by atoms with van der Waals surface area (Å²) >= 11 is 0. The topological polar surface area (TPSA) is 88.4 Å². The third-order valence-electron chi connectivity index (χ3n) is 3.99. The van der Waals surface area contributed by atoms with E-state index in [0.29, 0.717) is 26.6 Å². The summed E-state index contributed by atoms with van der Waals surface area (Å²) in [6.07, 6.45) is -4.83. The number of carbonyl (C=O) groups excluding carboxylic acids is 1. The maximum Gasteiger partial charge on any atom is 0.431 e. The van der Waals surface area contributed by atoms with Crippen LogP contribution in [0.2, 0.25) is 0 Å². The Morgan fingerprint density at radius 1 is 1.15 bits per heavy atom. The SMILES string of the molecule is CNN1C(=O)CNc2ccc(-n3c(=O)cc(C(F)(F)F)n(C)c3=O)cc21. The Kier molecular flexibility index (Phi) is 4.11. The van der Waals surface area contributed by atoms with Crippen LogP contribution in [-0.4, -0.2) is 28.6 Å². The van der Waals surface area contributed by atoms with Gasteiger partial charge >= 0.3 is 11.9 Å². The van der Waals surface area contributed by atoms with Crippen LogP contribution < -0.4 is 27.0 Å². The van der Waals surface area contributed by atoms with Gasteiger partial charge in [-0.3, -0.25) is 14.2 Å². The number of anilines is 2. The summed E-state index contributed by atoms with van der Waals surface area (Å²) in [6.45, 7) is 0.0508. The van der Waals surface area contributed by atoms with Gasteiger partial charge in [-0.25, -0.2) is 19.8 Å². The van der Waals surface area contributed by atoms with Gasteiger partial charge in [0.2, 0.25) is 0 Å². The summed E-state index contributed by atoms with van der Waals surface area (Å²) in [5.41, 5.74) is 0.0364. The number of aromatic nitrogens is 2. The third-order valence-corrected chi connectivity index (χ3v) is 3.99. The average Bonchev–Trinajstić information content (AvgIpc) is 2.57. The van der Waals surface area contributed by atoms with Gasteiger partial charge < -0.3 is 5.32 Å². The minimum Gasteiger partial charge on any atom is -0.374 e. The second-order valence-corrected chi connectivity index (χ2v) is 5.55. The van der Waals surface area contributed by atoms with Gasteiger partial charge in [0, 0.05) is 20.2 Å². The zero-order valence-corrected chi connectivity index (χ0v) is 13.7. The second-order valence-electron chi connectivity index (χ2n) is 5.55. The molecule has 1 aliphatic rings. The number of fused-ring (bicyclic) bond motifs is 1. The highest BCUT2D eigenvalue weighted by atomic mass is 19.4. The lowest BCUT2D eigenvalue weighted by atomic mass is 10.2. The monoisotopic (exact) mass is 369 g/mol. The number of nitrogens with zero attached hydrogens (tertiary/aromatic N) is 3. The highest BCUT2D eigenvalue weighted by Gasteiger charge is 2.35. The molecule has 11 heteroatoms. The normalized spacial score (nSPS) is 14.2. The Morgan fingerprint density at radius 2 is 1.85 bits per heavy atom. The first kappa shape index (κ1) is 17.7. The van der Waals surface area contributed by atoms with Crippen LogP contribution in [0.4, 0.5) is 24.5 Å².